The summed E-state index contributed by atoms with van der Waals surface area (Å²) in [5, 5.41) is 10.2. The lowest BCUT2D eigenvalue weighted by Gasteiger charge is -2.48. The average Bonchev–Trinajstić information content (AvgIpc) is 2.65. The van der Waals surface area contributed by atoms with Crippen LogP contribution < -0.4 is 4.74 Å². The maximum atomic E-state index is 13.5. The summed E-state index contributed by atoms with van der Waals surface area (Å²) in [7, 11) is 1.56. The predicted molar refractivity (Wildman–Crippen MR) is 115 cm³/mol. The van der Waals surface area contributed by atoms with Gasteiger partial charge in [0.05, 0.1) is 13.7 Å². The lowest BCUT2D eigenvalue weighted by atomic mass is 9.83. The third-order valence-electron chi connectivity index (χ3n) is 5.65. The minimum atomic E-state index is -1.47. The van der Waals surface area contributed by atoms with Crippen LogP contribution in [0.2, 0.25) is 0 Å². The molecule has 2 rings (SSSR count). The summed E-state index contributed by atoms with van der Waals surface area (Å²) >= 11 is 0. The van der Waals surface area contributed by atoms with Gasteiger partial charge in [0.1, 0.15) is 5.75 Å². The van der Waals surface area contributed by atoms with Gasteiger partial charge < -0.3 is 19.6 Å². The number of nitrogens with zero attached hydrogens (tertiary/aromatic N) is 2. The molecule has 1 aliphatic heterocycles. The summed E-state index contributed by atoms with van der Waals surface area (Å²) in [5.41, 5.74) is -0.284. The number of piperazine rings is 1. The van der Waals surface area contributed by atoms with Gasteiger partial charge in [-0.05, 0) is 35.4 Å². The van der Waals surface area contributed by atoms with Gasteiger partial charge in [-0.3, -0.25) is 9.59 Å². The molecule has 1 atom stereocenters. The number of carbonyl (C=O) groups excluding carboxylic acids is 2. The molecular weight excluding hydrogens is 384 g/mol. The number of ether oxygens (including phenoxy) is 1. The van der Waals surface area contributed by atoms with Crippen LogP contribution in [0.15, 0.2) is 18.2 Å². The van der Waals surface area contributed by atoms with E-state index in [4.69, 9.17) is 4.74 Å². The highest BCUT2D eigenvalue weighted by atomic mass is 16.5. The first-order chi connectivity index (χ1) is 13.8. The molecule has 166 valence electrons. The van der Waals surface area contributed by atoms with Crippen molar-refractivity contribution in [3.05, 3.63) is 29.3 Å². The monoisotopic (exact) mass is 418 g/mol. The van der Waals surface area contributed by atoms with Gasteiger partial charge in [-0.2, -0.15) is 0 Å². The van der Waals surface area contributed by atoms with Gasteiger partial charge in [0.2, 0.25) is 5.91 Å². The van der Waals surface area contributed by atoms with Gasteiger partial charge in [-0.25, -0.2) is 4.79 Å². The first kappa shape index (κ1) is 23.7. The van der Waals surface area contributed by atoms with E-state index >= 15 is 0 Å². The molecule has 1 unspecified atom stereocenters. The molecule has 1 N–H and O–H groups in total. The summed E-state index contributed by atoms with van der Waals surface area (Å²) in [6.45, 7) is 11.9. The van der Waals surface area contributed by atoms with Gasteiger partial charge in [-0.15, -0.1) is 0 Å². The van der Waals surface area contributed by atoms with Crippen molar-refractivity contribution in [1.82, 2.24) is 9.80 Å². The molecule has 30 heavy (non-hydrogen) atoms. The van der Waals surface area contributed by atoms with Crippen molar-refractivity contribution in [2.75, 3.05) is 26.7 Å². The number of methoxy groups -OCH3 is 1. The van der Waals surface area contributed by atoms with E-state index in [0.717, 1.165) is 5.56 Å². The second-order valence-electron chi connectivity index (χ2n) is 9.50. The highest BCUT2D eigenvalue weighted by Gasteiger charge is 2.51. The summed E-state index contributed by atoms with van der Waals surface area (Å²) in [6.07, 6.45) is 0.259. The molecule has 7 nitrogen and oxygen atoms in total. The number of hydrogen-bond acceptors (Lipinski definition) is 4. The van der Waals surface area contributed by atoms with Crippen molar-refractivity contribution < 1.29 is 24.2 Å². The summed E-state index contributed by atoms with van der Waals surface area (Å²) < 4.78 is 5.52. The van der Waals surface area contributed by atoms with Crippen molar-refractivity contribution in [3.8, 4) is 5.75 Å². The number of carboxylic acids is 1. The van der Waals surface area contributed by atoms with Crippen LogP contribution in [0.25, 0.3) is 0 Å². The SMILES string of the molecule is COc1cc(C(=O)N2CCN(C(C)=O)CC2(CC(C)C)C(=O)O)ccc1C(C)(C)C. The number of benzene rings is 1. The first-order valence-electron chi connectivity index (χ1n) is 10.3. The molecule has 1 aliphatic rings. The topological polar surface area (TPSA) is 87.2 Å². The molecule has 7 heteroatoms. The molecule has 2 amide bonds. The van der Waals surface area contributed by atoms with E-state index in [1.54, 1.807) is 19.2 Å². The molecule has 0 radical (unpaired) electrons. The zero-order valence-corrected chi connectivity index (χ0v) is 19.1. The average molecular weight is 419 g/mol. The van der Waals surface area contributed by atoms with Crippen LogP contribution in [0.1, 0.15) is 63.9 Å². The Morgan fingerprint density at radius 2 is 1.83 bits per heavy atom. The smallest absolute Gasteiger partial charge is 0.331 e. The number of carbonyl (C=O) groups is 3. The Bertz CT molecular complexity index is 827. The van der Waals surface area contributed by atoms with Gasteiger partial charge in [0, 0.05) is 25.6 Å². The zero-order chi connectivity index (χ0) is 22.9. The Labute approximate surface area is 179 Å². The summed E-state index contributed by atoms with van der Waals surface area (Å²) in [6, 6.07) is 5.27. The molecule has 0 aliphatic carbocycles. The van der Waals surface area contributed by atoms with E-state index in [1.165, 1.54) is 16.7 Å². The van der Waals surface area contributed by atoms with Crippen molar-refractivity contribution in [1.29, 1.82) is 0 Å². The maximum Gasteiger partial charge on any atom is 0.331 e. The van der Waals surface area contributed by atoms with E-state index in [0.29, 0.717) is 17.9 Å². The number of carboxylic acid groups (broad SMARTS) is 1. The van der Waals surface area contributed by atoms with Crippen LogP contribution in [0, 0.1) is 5.92 Å². The summed E-state index contributed by atoms with van der Waals surface area (Å²) in [5.74, 6) is -1.01. The van der Waals surface area contributed by atoms with Crippen molar-refractivity contribution in [3.63, 3.8) is 0 Å². The largest absolute Gasteiger partial charge is 0.496 e. The van der Waals surface area contributed by atoms with E-state index in [1.807, 2.05) is 19.9 Å². The van der Waals surface area contributed by atoms with Crippen molar-refractivity contribution in [2.24, 2.45) is 5.92 Å². The molecule has 1 aromatic rings. The molecule has 1 aromatic carbocycles. The van der Waals surface area contributed by atoms with E-state index < -0.39 is 11.5 Å². The van der Waals surface area contributed by atoms with Crippen LogP contribution >= 0.6 is 0 Å². The van der Waals surface area contributed by atoms with Crippen LogP contribution in [0.3, 0.4) is 0 Å². The van der Waals surface area contributed by atoms with E-state index in [9.17, 15) is 19.5 Å². The van der Waals surface area contributed by atoms with E-state index in [-0.39, 0.29) is 42.7 Å². The third kappa shape index (κ3) is 4.60. The number of amides is 2. The molecule has 1 fully saturated rings. The maximum absolute atomic E-state index is 13.5. The fraction of sp³-hybridized carbons (Fsp3) is 0.609. The van der Waals surface area contributed by atoms with Crippen molar-refractivity contribution >= 4 is 17.8 Å². The minimum Gasteiger partial charge on any atom is -0.496 e. The Morgan fingerprint density at radius 3 is 2.30 bits per heavy atom. The Hall–Kier alpha value is -2.57. The van der Waals surface area contributed by atoms with Gasteiger partial charge in [0.25, 0.3) is 5.91 Å². The fourth-order valence-electron chi connectivity index (χ4n) is 4.20. The van der Waals surface area contributed by atoms with Crippen LogP contribution in [0.4, 0.5) is 0 Å². The lowest BCUT2D eigenvalue weighted by Crippen LogP contribution is -2.68. The molecule has 1 heterocycles. The fourth-order valence-corrected chi connectivity index (χ4v) is 4.20. The Morgan fingerprint density at radius 1 is 1.20 bits per heavy atom. The highest BCUT2D eigenvalue weighted by molar-refractivity contribution is 5.99. The summed E-state index contributed by atoms with van der Waals surface area (Å²) in [4.78, 5) is 40.9. The lowest BCUT2D eigenvalue weighted by molar-refractivity contribution is -0.157. The van der Waals surface area contributed by atoms with Crippen LogP contribution in [-0.2, 0) is 15.0 Å². The molecule has 0 bridgehead atoms. The van der Waals surface area contributed by atoms with Gasteiger partial charge in [0.15, 0.2) is 5.54 Å². The number of hydrogen-bond donors (Lipinski definition) is 1. The predicted octanol–water partition coefficient (Wildman–Crippen LogP) is 3.17. The number of rotatable bonds is 5. The molecule has 0 aromatic heterocycles. The molecular formula is C23H34N2O5. The first-order valence-corrected chi connectivity index (χ1v) is 10.3. The van der Waals surface area contributed by atoms with Gasteiger partial charge in [-0.1, -0.05) is 40.7 Å². The Kier molecular flexibility index (Phi) is 6.84. The van der Waals surface area contributed by atoms with E-state index in [2.05, 4.69) is 20.8 Å². The van der Waals surface area contributed by atoms with Crippen LogP contribution in [-0.4, -0.2) is 65.0 Å². The Balaban J connectivity index is 2.52. The second-order valence-corrected chi connectivity index (χ2v) is 9.50. The zero-order valence-electron chi connectivity index (χ0n) is 19.1. The second kappa shape index (κ2) is 8.66. The minimum absolute atomic E-state index is 0.0151. The molecule has 0 spiro atoms. The highest BCUT2D eigenvalue weighted by Crippen LogP contribution is 2.35. The third-order valence-corrected chi connectivity index (χ3v) is 5.65. The molecule has 0 saturated carbocycles. The normalized spacial score (nSPS) is 19.7. The van der Waals surface area contributed by atoms with Gasteiger partial charge >= 0.3 is 5.97 Å². The standard InChI is InChI=1S/C23H34N2O5/c1-15(2)13-23(21(28)29)14-24(16(3)26)10-11-25(23)20(27)17-8-9-18(22(4,5)6)19(12-17)30-7/h8-9,12,15H,10-11,13-14H2,1-7H3,(H,28,29). The molecule has 1 saturated heterocycles. The van der Waals surface area contributed by atoms with Crippen LogP contribution in [0.5, 0.6) is 5.75 Å². The quantitative estimate of drug-likeness (QED) is 0.794. The van der Waals surface area contributed by atoms with Crippen molar-refractivity contribution in [2.45, 2.75) is 58.9 Å². The number of aliphatic carboxylic acids is 1.